The number of carbonyl (C=O) groups is 1. The van der Waals surface area contributed by atoms with Gasteiger partial charge in [0.05, 0.1) is 6.10 Å². The number of aliphatic hydroxyl groups excluding tert-OH is 1. The van der Waals surface area contributed by atoms with Crippen molar-refractivity contribution in [1.29, 1.82) is 0 Å². The Hall–Kier alpha value is -1.63. The van der Waals surface area contributed by atoms with Crippen LogP contribution in [0.25, 0.3) is 0 Å². The molecular weight excluding hydrogens is 368 g/mol. The van der Waals surface area contributed by atoms with E-state index in [1.54, 1.807) is 12.1 Å². The van der Waals surface area contributed by atoms with Crippen LogP contribution in [0.4, 0.5) is 0 Å². The predicted molar refractivity (Wildman–Crippen MR) is 111 cm³/mol. The van der Waals surface area contributed by atoms with Gasteiger partial charge in [0.1, 0.15) is 5.75 Å². The van der Waals surface area contributed by atoms with Crippen LogP contribution >= 0.6 is 0 Å². The Labute approximate surface area is 173 Å². The van der Waals surface area contributed by atoms with Crippen molar-refractivity contribution in [3.8, 4) is 5.75 Å². The van der Waals surface area contributed by atoms with Crippen LogP contribution in [0.2, 0.25) is 0 Å². The van der Waals surface area contributed by atoms with Crippen molar-refractivity contribution in [1.82, 2.24) is 9.80 Å². The highest BCUT2D eigenvalue weighted by atomic mass is 16.5. The Morgan fingerprint density at radius 3 is 2.62 bits per heavy atom. The van der Waals surface area contributed by atoms with Gasteiger partial charge in [-0.15, -0.1) is 0 Å². The van der Waals surface area contributed by atoms with E-state index in [9.17, 15) is 15.0 Å². The predicted octanol–water partition coefficient (Wildman–Crippen LogP) is 2.18. The van der Waals surface area contributed by atoms with Crippen LogP contribution in [0.15, 0.2) is 24.3 Å². The summed E-state index contributed by atoms with van der Waals surface area (Å²) < 4.78 is 5.51. The third kappa shape index (κ3) is 4.93. The molecule has 0 bridgehead atoms. The second kappa shape index (κ2) is 9.02. The quantitative estimate of drug-likeness (QED) is 0.808. The van der Waals surface area contributed by atoms with Crippen molar-refractivity contribution in [2.75, 3.05) is 39.4 Å². The summed E-state index contributed by atoms with van der Waals surface area (Å²) in [7, 11) is 0. The summed E-state index contributed by atoms with van der Waals surface area (Å²) in [4.78, 5) is 17.2. The first-order valence-electron chi connectivity index (χ1n) is 11.1. The van der Waals surface area contributed by atoms with Crippen molar-refractivity contribution >= 4 is 5.91 Å². The molecule has 1 unspecified atom stereocenters. The van der Waals surface area contributed by atoms with Crippen LogP contribution in [-0.4, -0.2) is 77.5 Å². The molecule has 0 saturated carbocycles. The Bertz CT molecular complexity index is 696. The standard InChI is InChI=1S/C23H34N2O4/c26-20-15-23(17-25(16-20)19-7-13-29-14-8-19)9-11-24(12-10-23)22(28)6-5-18-3-1-2-4-21(18)27/h1-4,19-20,26-27H,5-17H2. The molecule has 0 radical (unpaired) electrons. The number of carbonyl (C=O) groups excluding carboxylic acids is 1. The molecule has 0 aliphatic carbocycles. The number of hydrogen-bond donors (Lipinski definition) is 2. The third-order valence-electron chi connectivity index (χ3n) is 7.14. The van der Waals surface area contributed by atoms with Gasteiger partial charge in [-0.1, -0.05) is 18.2 Å². The van der Waals surface area contributed by atoms with Gasteiger partial charge < -0.3 is 19.8 Å². The molecule has 6 nitrogen and oxygen atoms in total. The lowest BCUT2D eigenvalue weighted by Gasteiger charge is -2.51. The maximum atomic E-state index is 12.7. The summed E-state index contributed by atoms with van der Waals surface area (Å²) >= 11 is 0. The Balaban J connectivity index is 1.30. The van der Waals surface area contributed by atoms with Gasteiger partial charge in [0.2, 0.25) is 5.91 Å². The number of aryl methyl sites for hydroxylation is 1. The monoisotopic (exact) mass is 402 g/mol. The van der Waals surface area contributed by atoms with E-state index in [0.717, 1.165) is 77.1 Å². The first-order chi connectivity index (χ1) is 14.0. The lowest BCUT2D eigenvalue weighted by atomic mass is 9.71. The number of phenols is 1. The van der Waals surface area contributed by atoms with Gasteiger partial charge >= 0.3 is 0 Å². The fraction of sp³-hybridized carbons (Fsp3) is 0.696. The number of β-amino-alcohol motifs (C(OH)–C–C–N with tert-alkyl or cyclic N) is 1. The largest absolute Gasteiger partial charge is 0.508 e. The molecule has 4 rings (SSSR count). The van der Waals surface area contributed by atoms with E-state index < -0.39 is 0 Å². The number of piperidine rings is 2. The summed E-state index contributed by atoms with van der Waals surface area (Å²) in [6, 6.07) is 7.76. The maximum absolute atomic E-state index is 12.7. The van der Waals surface area contributed by atoms with Gasteiger partial charge in [0.15, 0.2) is 0 Å². The molecule has 1 aromatic rings. The number of aromatic hydroxyl groups is 1. The molecule has 3 heterocycles. The Morgan fingerprint density at radius 2 is 1.90 bits per heavy atom. The molecule has 3 aliphatic rings. The molecule has 2 N–H and O–H groups in total. The van der Waals surface area contributed by atoms with Gasteiger partial charge in [-0.25, -0.2) is 0 Å². The smallest absolute Gasteiger partial charge is 0.222 e. The van der Waals surface area contributed by atoms with Crippen molar-refractivity contribution in [2.24, 2.45) is 5.41 Å². The second-order valence-corrected chi connectivity index (χ2v) is 9.14. The Kier molecular flexibility index (Phi) is 6.42. The highest BCUT2D eigenvalue weighted by Gasteiger charge is 2.43. The van der Waals surface area contributed by atoms with Crippen LogP contribution in [0, 0.1) is 5.41 Å². The molecule has 3 aliphatic heterocycles. The topological polar surface area (TPSA) is 73.2 Å². The van der Waals surface area contributed by atoms with Crippen molar-refractivity contribution < 1.29 is 19.7 Å². The van der Waals surface area contributed by atoms with Gasteiger partial charge in [0.25, 0.3) is 0 Å². The van der Waals surface area contributed by atoms with Crippen LogP contribution in [0.5, 0.6) is 5.75 Å². The molecule has 1 aromatic carbocycles. The molecule has 1 atom stereocenters. The maximum Gasteiger partial charge on any atom is 0.222 e. The van der Waals surface area contributed by atoms with Crippen LogP contribution in [0.1, 0.15) is 44.1 Å². The number of rotatable bonds is 4. The number of nitrogens with zero attached hydrogens (tertiary/aromatic N) is 2. The van der Waals surface area contributed by atoms with E-state index in [0.29, 0.717) is 18.9 Å². The zero-order valence-corrected chi connectivity index (χ0v) is 17.3. The third-order valence-corrected chi connectivity index (χ3v) is 7.14. The molecule has 3 saturated heterocycles. The first-order valence-corrected chi connectivity index (χ1v) is 11.1. The average Bonchev–Trinajstić information content (AvgIpc) is 2.73. The minimum Gasteiger partial charge on any atom is -0.508 e. The number of benzene rings is 1. The van der Waals surface area contributed by atoms with Crippen molar-refractivity contribution in [3.05, 3.63) is 29.8 Å². The molecule has 0 aromatic heterocycles. The van der Waals surface area contributed by atoms with E-state index in [1.807, 2.05) is 17.0 Å². The van der Waals surface area contributed by atoms with Gasteiger partial charge in [-0.3, -0.25) is 9.69 Å². The molecule has 160 valence electrons. The normalized spacial score (nSPS) is 26.0. The average molecular weight is 403 g/mol. The number of ether oxygens (including phenoxy) is 1. The number of hydrogen-bond acceptors (Lipinski definition) is 5. The number of para-hydroxylation sites is 1. The van der Waals surface area contributed by atoms with Gasteiger partial charge in [-0.05, 0) is 55.6 Å². The second-order valence-electron chi connectivity index (χ2n) is 9.14. The number of phenolic OH excluding ortho intramolecular Hbond substituents is 1. The zero-order valence-electron chi connectivity index (χ0n) is 17.3. The molecular formula is C23H34N2O4. The number of aliphatic hydroxyl groups is 1. The summed E-state index contributed by atoms with van der Waals surface area (Å²) in [6.07, 6.45) is 5.63. The van der Waals surface area contributed by atoms with E-state index >= 15 is 0 Å². The van der Waals surface area contributed by atoms with E-state index in [4.69, 9.17) is 4.74 Å². The van der Waals surface area contributed by atoms with Crippen LogP contribution in [0.3, 0.4) is 0 Å². The van der Waals surface area contributed by atoms with Crippen LogP contribution in [-0.2, 0) is 16.0 Å². The molecule has 6 heteroatoms. The Morgan fingerprint density at radius 1 is 1.17 bits per heavy atom. The molecule has 3 fully saturated rings. The minimum absolute atomic E-state index is 0.129. The molecule has 1 spiro atoms. The fourth-order valence-corrected chi connectivity index (χ4v) is 5.44. The lowest BCUT2D eigenvalue weighted by molar-refractivity contribution is -0.135. The summed E-state index contributed by atoms with van der Waals surface area (Å²) in [5.41, 5.74) is 0.960. The minimum atomic E-state index is -0.269. The summed E-state index contributed by atoms with van der Waals surface area (Å²) in [6.45, 7) is 5.00. The zero-order chi connectivity index (χ0) is 20.3. The van der Waals surface area contributed by atoms with E-state index in [-0.39, 0.29) is 23.2 Å². The highest BCUT2D eigenvalue weighted by molar-refractivity contribution is 5.76. The van der Waals surface area contributed by atoms with Gasteiger partial charge in [-0.2, -0.15) is 0 Å². The van der Waals surface area contributed by atoms with Crippen molar-refractivity contribution in [3.63, 3.8) is 0 Å². The SMILES string of the molecule is O=C(CCc1ccccc1O)N1CCC2(CC1)CC(O)CN(C1CCOCC1)C2. The van der Waals surface area contributed by atoms with Gasteiger partial charge in [0, 0.05) is 51.9 Å². The highest BCUT2D eigenvalue weighted by Crippen LogP contribution is 2.41. The summed E-state index contributed by atoms with van der Waals surface area (Å²) in [5.74, 6) is 0.433. The molecule has 1 amide bonds. The lowest BCUT2D eigenvalue weighted by Crippen LogP contribution is -2.57. The number of amides is 1. The van der Waals surface area contributed by atoms with E-state index in [1.165, 1.54) is 0 Å². The van der Waals surface area contributed by atoms with E-state index in [2.05, 4.69) is 4.90 Å². The van der Waals surface area contributed by atoms with Crippen LogP contribution < -0.4 is 0 Å². The molecule has 29 heavy (non-hydrogen) atoms. The number of likely N-dealkylation sites (tertiary alicyclic amines) is 2. The fourth-order valence-electron chi connectivity index (χ4n) is 5.44. The summed E-state index contributed by atoms with van der Waals surface area (Å²) in [5, 5.41) is 20.5. The first kappa shape index (κ1) is 20.6. The van der Waals surface area contributed by atoms with Crippen molar-refractivity contribution in [2.45, 2.75) is 57.1 Å².